The number of benzene rings is 1. The molecule has 2 aromatic rings. The fourth-order valence-corrected chi connectivity index (χ4v) is 3.55. The van der Waals surface area contributed by atoms with E-state index >= 15 is 0 Å². The lowest BCUT2D eigenvalue weighted by Crippen LogP contribution is -2.32. The summed E-state index contributed by atoms with van der Waals surface area (Å²) in [7, 11) is 0. The summed E-state index contributed by atoms with van der Waals surface area (Å²) in [4.78, 5) is 12.7. The maximum absolute atomic E-state index is 12.7. The second-order valence-electron chi connectivity index (χ2n) is 4.97. The van der Waals surface area contributed by atoms with Crippen molar-refractivity contribution in [1.82, 2.24) is 4.57 Å². The van der Waals surface area contributed by atoms with E-state index in [-0.39, 0.29) is 11.1 Å². The van der Waals surface area contributed by atoms with Gasteiger partial charge in [0.1, 0.15) is 16.8 Å². The molecule has 0 saturated heterocycles. The molecule has 122 valence electrons. The fourth-order valence-electron chi connectivity index (χ4n) is 2.12. The molecule has 1 aromatic heterocycles. The van der Waals surface area contributed by atoms with Crippen LogP contribution in [-0.2, 0) is 6.54 Å². The number of unbranched alkanes of at least 4 members (excludes halogenated alkanes) is 1. The van der Waals surface area contributed by atoms with Crippen molar-refractivity contribution < 1.29 is 0 Å². The molecule has 0 spiro atoms. The van der Waals surface area contributed by atoms with Crippen LogP contribution < -0.4 is 14.8 Å². The van der Waals surface area contributed by atoms with Crippen molar-refractivity contribution in [2.45, 2.75) is 26.3 Å². The van der Waals surface area contributed by atoms with Gasteiger partial charge in [-0.15, -0.1) is 11.3 Å². The summed E-state index contributed by atoms with van der Waals surface area (Å²) in [5.74, 6) is 0. The van der Waals surface area contributed by atoms with E-state index in [0.717, 1.165) is 24.2 Å². The third kappa shape index (κ3) is 3.71. The summed E-state index contributed by atoms with van der Waals surface area (Å²) in [6.45, 7) is 2.47. The summed E-state index contributed by atoms with van der Waals surface area (Å²) in [6.07, 6.45) is 3.32. The molecule has 0 amide bonds. The maximum Gasteiger partial charge on any atom is 0.269 e. The van der Waals surface area contributed by atoms with Crippen LogP contribution in [0, 0.1) is 22.7 Å². The van der Waals surface area contributed by atoms with Gasteiger partial charge in [-0.3, -0.25) is 9.36 Å². The van der Waals surface area contributed by atoms with Gasteiger partial charge >= 0.3 is 0 Å². The van der Waals surface area contributed by atoms with Gasteiger partial charge < -0.3 is 0 Å². The molecule has 1 aromatic carbocycles. The number of aromatic nitrogens is 1. The van der Waals surface area contributed by atoms with Gasteiger partial charge in [-0.1, -0.05) is 48.7 Å². The second-order valence-corrected chi connectivity index (χ2v) is 6.78. The van der Waals surface area contributed by atoms with Crippen molar-refractivity contribution in [2.24, 2.45) is 0 Å². The Bertz CT molecular complexity index is 1010. The zero-order valence-electron chi connectivity index (χ0n) is 12.8. The Morgan fingerprint density at radius 3 is 2.67 bits per heavy atom. The van der Waals surface area contributed by atoms with Crippen LogP contribution in [0.3, 0.4) is 0 Å². The number of halogens is 2. The molecular weight excluding hydrogens is 365 g/mol. The van der Waals surface area contributed by atoms with E-state index in [0.29, 0.717) is 31.3 Å². The summed E-state index contributed by atoms with van der Waals surface area (Å²) < 4.78 is 2.27. The standard InChI is InChI=1S/C17H13Cl2N3OS/c1-2-3-7-22-16(23)14(24-17(22)12(9-20)10-21)8-11-5-4-6-13(18)15(11)19/h4-6,8H,2-3,7H2,1H3/b14-8+. The van der Waals surface area contributed by atoms with Gasteiger partial charge in [-0.25, -0.2) is 0 Å². The molecule has 0 N–H and O–H groups in total. The Hall–Kier alpha value is -2.05. The van der Waals surface area contributed by atoms with Gasteiger partial charge in [-0.05, 0) is 24.1 Å². The predicted octanol–water partition coefficient (Wildman–Crippen LogP) is 3.04. The number of hydrogen-bond donors (Lipinski definition) is 0. The first-order valence-corrected chi connectivity index (χ1v) is 8.80. The maximum atomic E-state index is 12.7. The topological polar surface area (TPSA) is 69.6 Å². The van der Waals surface area contributed by atoms with Crippen molar-refractivity contribution in [3.8, 4) is 12.1 Å². The number of hydrogen-bond acceptors (Lipinski definition) is 4. The van der Waals surface area contributed by atoms with Crippen molar-refractivity contribution in [2.75, 3.05) is 0 Å². The molecule has 0 aliphatic rings. The van der Waals surface area contributed by atoms with Crippen LogP contribution in [-0.4, -0.2) is 4.57 Å². The van der Waals surface area contributed by atoms with Crippen LogP contribution in [0.1, 0.15) is 25.3 Å². The van der Waals surface area contributed by atoms with Gasteiger partial charge in [0.05, 0.1) is 14.6 Å². The second kappa shape index (κ2) is 8.17. The molecule has 24 heavy (non-hydrogen) atoms. The zero-order valence-corrected chi connectivity index (χ0v) is 15.2. The van der Waals surface area contributed by atoms with Gasteiger partial charge in [0.2, 0.25) is 0 Å². The van der Waals surface area contributed by atoms with E-state index in [1.807, 2.05) is 19.1 Å². The average molecular weight is 378 g/mol. The molecular formula is C17H13Cl2N3OS. The van der Waals surface area contributed by atoms with E-state index in [2.05, 4.69) is 0 Å². The lowest BCUT2D eigenvalue weighted by Gasteiger charge is -1.99. The molecule has 2 rings (SSSR count). The summed E-state index contributed by atoms with van der Waals surface area (Å²) in [5, 5.41) is 19.0. The molecule has 0 radical (unpaired) electrons. The largest absolute Gasteiger partial charge is 0.297 e. The van der Waals surface area contributed by atoms with E-state index in [1.165, 1.54) is 4.57 Å². The predicted molar refractivity (Wildman–Crippen MR) is 97.4 cm³/mol. The highest BCUT2D eigenvalue weighted by molar-refractivity contribution is 7.07. The van der Waals surface area contributed by atoms with Crippen molar-refractivity contribution in [3.05, 3.63) is 53.4 Å². The van der Waals surface area contributed by atoms with Crippen LogP contribution in [0.15, 0.2) is 23.0 Å². The molecule has 0 fully saturated rings. The molecule has 0 saturated carbocycles. The van der Waals surface area contributed by atoms with Crippen LogP contribution in [0.25, 0.3) is 11.6 Å². The monoisotopic (exact) mass is 377 g/mol. The number of nitriles is 2. The van der Waals surface area contributed by atoms with Crippen molar-refractivity contribution in [3.63, 3.8) is 0 Å². The molecule has 1 heterocycles. The lowest BCUT2D eigenvalue weighted by molar-refractivity contribution is 0.609. The normalized spacial score (nSPS) is 11.1. The summed E-state index contributed by atoms with van der Waals surface area (Å²) in [6, 6.07) is 8.87. The smallest absolute Gasteiger partial charge is 0.269 e. The van der Waals surface area contributed by atoms with E-state index in [9.17, 15) is 4.79 Å². The van der Waals surface area contributed by atoms with Gasteiger partial charge in [-0.2, -0.15) is 10.5 Å². The molecule has 7 heteroatoms. The Labute approximate surface area is 153 Å². The molecule has 0 aliphatic heterocycles. The SMILES string of the molecule is CCCCn1c(=C(C#N)C#N)s/c(=C/c2cccc(Cl)c2Cl)c1=O. The number of thiazole rings is 1. The fraction of sp³-hybridized carbons (Fsp3) is 0.235. The first-order chi connectivity index (χ1) is 11.5. The van der Waals surface area contributed by atoms with Crippen LogP contribution in [0.5, 0.6) is 0 Å². The summed E-state index contributed by atoms with van der Waals surface area (Å²) >= 11 is 13.3. The lowest BCUT2D eigenvalue weighted by atomic mass is 10.2. The Balaban J connectivity index is 2.79. The molecule has 0 atom stereocenters. The number of nitrogens with zero attached hydrogens (tertiary/aromatic N) is 3. The highest BCUT2D eigenvalue weighted by Crippen LogP contribution is 2.25. The van der Waals surface area contributed by atoms with Gasteiger partial charge in [0.15, 0.2) is 5.57 Å². The minimum absolute atomic E-state index is 0.0648. The zero-order chi connectivity index (χ0) is 17.7. The summed E-state index contributed by atoms with van der Waals surface area (Å²) in [5.41, 5.74) is 0.319. The van der Waals surface area contributed by atoms with E-state index < -0.39 is 0 Å². The van der Waals surface area contributed by atoms with Crippen LogP contribution in [0.2, 0.25) is 10.0 Å². The van der Waals surface area contributed by atoms with Crippen LogP contribution >= 0.6 is 34.5 Å². The van der Waals surface area contributed by atoms with Crippen LogP contribution in [0.4, 0.5) is 0 Å². The first-order valence-electron chi connectivity index (χ1n) is 7.23. The molecule has 0 aliphatic carbocycles. The molecule has 4 nitrogen and oxygen atoms in total. The average Bonchev–Trinajstić information content (AvgIpc) is 2.87. The molecule has 0 bridgehead atoms. The Morgan fingerprint density at radius 2 is 2.04 bits per heavy atom. The number of rotatable bonds is 4. The molecule has 0 unspecified atom stereocenters. The first kappa shape index (κ1) is 18.3. The quantitative estimate of drug-likeness (QED) is 0.821. The highest BCUT2D eigenvalue weighted by atomic mass is 35.5. The third-order valence-corrected chi connectivity index (χ3v) is 5.31. The minimum Gasteiger partial charge on any atom is -0.297 e. The Kier molecular flexibility index (Phi) is 6.23. The highest BCUT2D eigenvalue weighted by Gasteiger charge is 2.10. The Morgan fingerprint density at radius 1 is 1.33 bits per heavy atom. The van der Waals surface area contributed by atoms with Crippen molar-refractivity contribution >= 4 is 46.2 Å². The van der Waals surface area contributed by atoms with Gasteiger partial charge in [0, 0.05) is 6.54 Å². The van der Waals surface area contributed by atoms with Gasteiger partial charge in [0.25, 0.3) is 5.56 Å². The third-order valence-electron chi connectivity index (χ3n) is 3.35. The van der Waals surface area contributed by atoms with E-state index in [4.69, 9.17) is 33.7 Å². The minimum atomic E-state index is -0.234. The van der Waals surface area contributed by atoms with E-state index in [1.54, 1.807) is 24.3 Å². The van der Waals surface area contributed by atoms with Crippen molar-refractivity contribution in [1.29, 1.82) is 10.5 Å².